The number of ether oxygens (including phenoxy) is 1. The Kier molecular flexibility index (Phi) is 5.21. The molecule has 0 bridgehead atoms. The van der Waals surface area contributed by atoms with Crippen molar-refractivity contribution in [2.45, 2.75) is 20.0 Å². The van der Waals surface area contributed by atoms with E-state index in [0.29, 0.717) is 13.2 Å². The maximum atomic E-state index is 5.72. The summed E-state index contributed by atoms with van der Waals surface area (Å²) in [6.45, 7) is 4.95. The average Bonchev–Trinajstić information content (AvgIpc) is 2.85. The normalized spacial score (nSPS) is 11.0. The largest absolute Gasteiger partial charge is 0.492 e. The number of hydrogen-bond acceptors (Lipinski definition) is 4. The van der Waals surface area contributed by atoms with E-state index >= 15 is 0 Å². The van der Waals surface area contributed by atoms with E-state index in [0.717, 1.165) is 30.2 Å². The van der Waals surface area contributed by atoms with Crippen molar-refractivity contribution in [2.75, 3.05) is 20.2 Å². The highest BCUT2D eigenvalue weighted by Gasteiger charge is 2.05. The quantitative estimate of drug-likeness (QED) is 0.843. The molecule has 0 fully saturated rings. The molecule has 0 spiro atoms. The van der Waals surface area contributed by atoms with E-state index < -0.39 is 0 Å². The number of hydrogen-bond donors (Lipinski definition) is 1. The Hall–Kier alpha value is -1.78. The summed E-state index contributed by atoms with van der Waals surface area (Å²) in [7, 11) is 2.08. The maximum absolute atomic E-state index is 5.72. The molecule has 1 aromatic heterocycles. The van der Waals surface area contributed by atoms with Gasteiger partial charge in [-0.2, -0.15) is 0 Å². The number of likely N-dealkylation sites (N-methyl/N-ethyl adjacent to an activating group) is 1. The first kappa shape index (κ1) is 14.6. The zero-order valence-electron chi connectivity index (χ0n) is 12.1. The highest BCUT2D eigenvalue weighted by atomic mass is 16.5. The molecule has 20 heavy (non-hydrogen) atoms. The van der Waals surface area contributed by atoms with Gasteiger partial charge in [-0.15, -0.1) is 0 Å². The minimum absolute atomic E-state index is 0.563. The van der Waals surface area contributed by atoms with E-state index in [9.17, 15) is 0 Å². The van der Waals surface area contributed by atoms with Crippen LogP contribution in [0.1, 0.15) is 16.9 Å². The van der Waals surface area contributed by atoms with E-state index in [2.05, 4.69) is 11.9 Å². The van der Waals surface area contributed by atoms with Crippen LogP contribution in [0.15, 0.2) is 41.0 Å². The number of aryl methyl sites for hydroxylation is 1. The first-order chi connectivity index (χ1) is 9.69. The molecule has 0 saturated carbocycles. The van der Waals surface area contributed by atoms with Crippen LogP contribution in [0.3, 0.4) is 0 Å². The lowest BCUT2D eigenvalue weighted by Crippen LogP contribution is -2.23. The molecule has 0 aliphatic rings. The fraction of sp³-hybridized carbons (Fsp3) is 0.375. The van der Waals surface area contributed by atoms with Gasteiger partial charge in [-0.1, -0.05) is 12.1 Å². The molecule has 2 N–H and O–H groups in total. The van der Waals surface area contributed by atoms with Crippen molar-refractivity contribution in [1.82, 2.24) is 4.90 Å². The van der Waals surface area contributed by atoms with Gasteiger partial charge < -0.3 is 14.9 Å². The van der Waals surface area contributed by atoms with Gasteiger partial charge in [0.05, 0.1) is 6.26 Å². The highest BCUT2D eigenvalue weighted by molar-refractivity contribution is 5.27. The molecule has 0 atom stereocenters. The van der Waals surface area contributed by atoms with Crippen LogP contribution in [0.25, 0.3) is 0 Å². The first-order valence-electron chi connectivity index (χ1n) is 6.82. The van der Waals surface area contributed by atoms with Crippen LogP contribution in [0, 0.1) is 6.92 Å². The molecule has 0 amide bonds. The molecule has 108 valence electrons. The molecule has 0 aliphatic heterocycles. The smallest absolute Gasteiger partial charge is 0.119 e. The molecule has 0 unspecified atom stereocenters. The zero-order valence-corrected chi connectivity index (χ0v) is 12.1. The van der Waals surface area contributed by atoms with Gasteiger partial charge in [-0.25, -0.2) is 0 Å². The Morgan fingerprint density at radius 2 is 1.95 bits per heavy atom. The fourth-order valence-corrected chi connectivity index (χ4v) is 1.99. The van der Waals surface area contributed by atoms with E-state index in [-0.39, 0.29) is 0 Å². The van der Waals surface area contributed by atoms with Crippen LogP contribution in [0.4, 0.5) is 0 Å². The first-order valence-corrected chi connectivity index (χ1v) is 6.82. The van der Waals surface area contributed by atoms with Gasteiger partial charge in [0.2, 0.25) is 0 Å². The third-order valence-corrected chi connectivity index (χ3v) is 3.31. The van der Waals surface area contributed by atoms with Crippen molar-refractivity contribution in [3.63, 3.8) is 0 Å². The van der Waals surface area contributed by atoms with E-state index in [1.54, 1.807) is 6.26 Å². The van der Waals surface area contributed by atoms with Crippen molar-refractivity contribution in [2.24, 2.45) is 5.73 Å². The van der Waals surface area contributed by atoms with Gasteiger partial charge in [-0.3, -0.25) is 4.90 Å². The van der Waals surface area contributed by atoms with Crippen LogP contribution < -0.4 is 10.5 Å². The SMILES string of the molecule is Cc1occc1CN(C)CCOc1ccc(CN)cc1. The summed E-state index contributed by atoms with van der Waals surface area (Å²) in [6, 6.07) is 9.92. The molecular formula is C16H22N2O2. The fourth-order valence-electron chi connectivity index (χ4n) is 1.99. The highest BCUT2D eigenvalue weighted by Crippen LogP contribution is 2.13. The molecule has 0 radical (unpaired) electrons. The zero-order chi connectivity index (χ0) is 14.4. The van der Waals surface area contributed by atoms with Crippen LogP contribution in [0.5, 0.6) is 5.75 Å². The number of nitrogens with two attached hydrogens (primary N) is 1. The molecule has 1 aromatic carbocycles. The number of furan rings is 1. The third-order valence-electron chi connectivity index (χ3n) is 3.31. The molecule has 0 aliphatic carbocycles. The third kappa shape index (κ3) is 4.11. The number of rotatable bonds is 7. The van der Waals surface area contributed by atoms with Gasteiger partial charge in [0.25, 0.3) is 0 Å². The second kappa shape index (κ2) is 7.12. The van der Waals surface area contributed by atoms with E-state index in [4.69, 9.17) is 14.9 Å². The molecule has 0 saturated heterocycles. The van der Waals surface area contributed by atoms with Gasteiger partial charge in [0.15, 0.2) is 0 Å². The van der Waals surface area contributed by atoms with Crippen LogP contribution in [-0.2, 0) is 13.1 Å². The van der Waals surface area contributed by atoms with Gasteiger partial charge in [0, 0.05) is 25.2 Å². The lowest BCUT2D eigenvalue weighted by molar-refractivity contribution is 0.232. The lowest BCUT2D eigenvalue weighted by atomic mass is 10.2. The lowest BCUT2D eigenvalue weighted by Gasteiger charge is -2.16. The summed E-state index contributed by atoms with van der Waals surface area (Å²) in [6.07, 6.45) is 1.73. The average molecular weight is 274 g/mol. The maximum Gasteiger partial charge on any atom is 0.119 e. The standard InChI is InChI=1S/C16H22N2O2/c1-13-15(7-9-19-13)12-18(2)8-10-20-16-5-3-14(11-17)4-6-16/h3-7,9H,8,10-12,17H2,1-2H3. The van der Waals surface area contributed by atoms with E-state index in [1.165, 1.54) is 5.56 Å². The summed E-state index contributed by atoms with van der Waals surface area (Å²) in [5.41, 5.74) is 7.90. The topological polar surface area (TPSA) is 51.6 Å². The summed E-state index contributed by atoms with van der Waals surface area (Å²) in [4.78, 5) is 2.21. The Morgan fingerprint density at radius 3 is 2.55 bits per heavy atom. The van der Waals surface area contributed by atoms with Crippen molar-refractivity contribution in [3.05, 3.63) is 53.5 Å². The Balaban J connectivity index is 1.73. The van der Waals surface area contributed by atoms with Gasteiger partial charge in [0.1, 0.15) is 18.1 Å². The van der Waals surface area contributed by atoms with Crippen LogP contribution in [-0.4, -0.2) is 25.1 Å². The Morgan fingerprint density at radius 1 is 1.20 bits per heavy atom. The molecule has 1 heterocycles. The second-order valence-electron chi connectivity index (χ2n) is 4.94. The van der Waals surface area contributed by atoms with Gasteiger partial charge >= 0.3 is 0 Å². The molecule has 4 heteroatoms. The molecule has 2 rings (SSSR count). The molecule has 4 nitrogen and oxygen atoms in total. The number of nitrogens with zero attached hydrogens (tertiary/aromatic N) is 1. The summed E-state index contributed by atoms with van der Waals surface area (Å²) < 4.78 is 11.0. The molecule has 2 aromatic rings. The predicted octanol–water partition coefficient (Wildman–Crippen LogP) is 2.56. The molecular weight excluding hydrogens is 252 g/mol. The minimum atomic E-state index is 0.563. The van der Waals surface area contributed by atoms with Crippen LogP contribution in [0.2, 0.25) is 0 Å². The number of benzene rings is 1. The predicted molar refractivity (Wildman–Crippen MR) is 79.6 cm³/mol. The van der Waals surface area contributed by atoms with Crippen molar-refractivity contribution < 1.29 is 9.15 Å². The minimum Gasteiger partial charge on any atom is -0.492 e. The Bertz CT molecular complexity index is 520. The van der Waals surface area contributed by atoms with Crippen molar-refractivity contribution in [1.29, 1.82) is 0 Å². The monoisotopic (exact) mass is 274 g/mol. The van der Waals surface area contributed by atoms with Crippen LogP contribution >= 0.6 is 0 Å². The Labute approximate surface area is 120 Å². The second-order valence-corrected chi connectivity index (χ2v) is 4.94. The van der Waals surface area contributed by atoms with Crippen molar-refractivity contribution >= 4 is 0 Å². The van der Waals surface area contributed by atoms with Gasteiger partial charge in [-0.05, 0) is 37.7 Å². The summed E-state index contributed by atoms with van der Waals surface area (Å²) in [5.74, 6) is 1.87. The van der Waals surface area contributed by atoms with E-state index in [1.807, 2.05) is 37.3 Å². The summed E-state index contributed by atoms with van der Waals surface area (Å²) in [5, 5.41) is 0. The summed E-state index contributed by atoms with van der Waals surface area (Å²) >= 11 is 0. The van der Waals surface area contributed by atoms with Crippen molar-refractivity contribution in [3.8, 4) is 5.75 Å².